The molecule has 0 spiro atoms. The van der Waals surface area contributed by atoms with Crippen molar-refractivity contribution in [3.8, 4) is 0 Å². The maximum Gasteiger partial charge on any atom is 0.254 e. The molecule has 31 heavy (non-hydrogen) atoms. The average Bonchev–Trinajstić information content (AvgIpc) is 3.45. The number of nitrogens with one attached hydrogen (secondary N) is 1. The quantitative estimate of drug-likeness (QED) is 0.700. The van der Waals surface area contributed by atoms with Gasteiger partial charge < -0.3 is 10.2 Å². The van der Waals surface area contributed by atoms with E-state index < -0.39 is 5.92 Å². The molecule has 0 aliphatic carbocycles. The molecule has 6 heteroatoms. The molecule has 0 saturated carbocycles. The Labute approximate surface area is 189 Å². The van der Waals surface area contributed by atoms with Gasteiger partial charge >= 0.3 is 0 Å². The van der Waals surface area contributed by atoms with Crippen molar-refractivity contribution in [3.05, 3.63) is 57.8 Å². The van der Waals surface area contributed by atoms with Crippen LogP contribution in [-0.2, 0) is 4.79 Å². The van der Waals surface area contributed by atoms with Gasteiger partial charge in [0.05, 0.1) is 12.0 Å². The summed E-state index contributed by atoms with van der Waals surface area (Å²) in [6.45, 7) is 9.84. The summed E-state index contributed by atoms with van der Waals surface area (Å²) in [7, 11) is 0. The summed E-state index contributed by atoms with van der Waals surface area (Å²) in [5.74, 6) is -0.0328. The van der Waals surface area contributed by atoms with E-state index in [2.05, 4.69) is 37.1 Å². The molecular weight excluding hydrogens is 406 g/mol. The Morgan fingerprint density at radius 2 is 2.03 bits per heavy atom. The number of amides is 2. The van der Waals surface area contributed by atoms with Crippen molar-refractivity contribution in [1.29, 1.82) is 0 Å². The number of hydrogen-bond donors (Lipinski definition) is 1. The van der Waals surface area contributed by atoms with Gasteiger partial charge in [0, 0.05) is 29.6 Å². The van der Waals surface area contributed by atoms with E-state index >= 15 is 0 Å². The van der Waals surface area contributed by atoms with Crippen molar-refractivity contribution >= 4 is 23.2 Å². The highest BCUT2D eigenvalue weighted by Crippen LogP contribution is 2.44. The summed E-state index contributed by atoms with van der Waals surface area (Å²) in [5.41, 5.74) is 1.51. The topological polar surface area (TPSA) is 52.7 Å². The summed E-state index contributed by atoms with van der Waals surface area (Å²) >= 11 is 1.62. The molecule has 3 heterocycles. The average molecular weight is 440 g/mol. The predicted octanol–water partition coefficient (Wildman–Crippen LogP) is 4.29. The SMILES string of the molecule is CCN1CCCC1CNC(=O)C1c2ccccc2C(=O)N(CC(C)C)C1c1cccs1. The third-order valence-corrected chi connectivity index (χ3v) is 7.48. The fourth-order valence-electron chi connectivity index (χ4n) is 5.12. The third kappa shape index (κ3) is 4.41. The Balaban J connectivity index is 1.68. The molecule has 1 aromatic carbocycles. The molecule has 2 amide bonds. The lowest BCUT2D eigenvalue weighted by Crippen LogP contribution is -2.49. The largest absolute Gasteiger partial charge is 0.354 e. The van der Waals surface area contributed by atoms with Crippen molar-refractivity contribution < 1.29 is 9.59 Å². The first-order valence-corrected chi connectivity index (χ1v) is 12.3. The molecule has 1 N–H and O–H groups in total. The summed E-state index contributed by atoms with van der Waals surface area (Å²) in [6, 6.07) is 11.8. The van der Waals surface area contributed by atoms with Gasteiger partial charge in [-0.15, -0.1) is 11.3 Å². The fraction of sp³-hybridized carbons (Fsp3) is 0.520. The zero-order valence-electron chi connectivity index (χ0n) is 18.7. The summed E-state index contributed by atoms with van der Waals surface area (Å²) in [5, 5.41) is 5.29. The maximum absolute atomic E-state index is 13.7. The van der Waals surface area contributed by atoms with Gasteiger partial charge in [-0.05, 0) is 54.9 Å². The second kappa shape index (κ2) is 9.53. The van der Waals surface area contributed by atoms with E-state index in [1.54, 1.807) is 11.3 Å². The van der Waals surface area contributed by atoms with Crippen LogP contribution < -0.4 is 5.32 Å². The van der Waals surface area contributed by atoms with E-state index in [0.717, 1.165) is 30.0 Å². The number of likely N-dealkylation sites (N-methyl/N-ethyl adjacent to an activating group) is 1. The number of carbonyl (C=O) groups is 2. The second-order valence-corrected chi connectivity index (χ2v) is 10.0. The Morgan fingerprint density at radius 1 is 1.23 bits per heavy atom. The first-order chi connectivity index (χ1) is 15.0. The molecule has 1 fully saturated rings. The van der Waals surface area contributed by atoms with Crippen LogP contribution in [0.1, 0.15) is 66.4 Å². The monoisotopic (exact) mass is 439 g/mol. The normalized spacial score (nSPS) is 23.9. The molecule has 1 saturated heterocycles. The van der Waals surface area contributed by atoms with Gasteiger partial charge in [-0.1, -0.05) is 45.0 Å². The number of thiophene rings is 1. The van der Waals surface area contributed by atoms with Gasteiger partial charge in [-0.2, -0.15) is 0 Å². The molecule has 2 aliphatic heterocycles. The number of fused-ring (bicyclic) bond motifs is 1. The molecule has 2 aliphatic rings. The highest BCUT2D eigenvalue weighted by molar-refractivity contribution is 7.10. The van der Waals surface area contributed by atoms with Crippen molar-refractivity contribution in [1.82, 2.24) is 15.1 Å². The number of carbonyl (C=O) groups excluding carboxylic acids is 2. The van der Waals surface area contributed by atoms with E-state index in [9.17, 15) is 9.59 Å². The lowest BCUT2D eigenvalue weighted by Gasteiger charge is -2.42. The fourth-order valence-corrected chi connectivity index (χ4v) is 5.99. The van der Waals surface area contributed by atoms with Gasteiger partial charge in [0.25, 0.3) is 5.91 Å². The van der Waals surface area contributed by atoms with Crippen molar-refractivity contribution in [2.75, 3.05) is 26.2 Å². The third-order valence-electron chi connectivity index (χ3n) is 6.53. The summed E-state index contributed by atoms with van der Waals surface area (Å²) in [4.78, 5) is 32.6. The first kappa shape index (κ1) is 22.0. The van der Waals surface area contributed by atoms with Gasteiger partial charge in [0.1, 0.15) is 0 Å². The minimum Gasteiger partial charge on any atom is -0.354 e. The van der Waals surface area contributed by atoms with Crippen LogP contribution in [0.15, 0.2) is 41.8 Å². The molecule has 3 unspecified atom stereocenters. The van der Waals surface area contributed by atoms with Gasteiger partial charge in [-0.25, -0.2) is 0 Å². The molecule has 0 radical (unpaired) electrons. The van der Waals surface area contributed by atoms with Crippen LogP contribution in [0.25, 0.3) is 0 Å². The van der Waals surface area contributed by atoms with Gasteiger partial charge in [-0.3, -0.25) is 14.5 Å². The zero-order chi connectivity index (χ0) is 22.0. The maximum atomic E-state index is 13.7. The predicted molar refractivity (Wildman–Crippen MR) is 125 cm³/mol. The van der Waals surface area contributed by atoms with E-state index in [1.807, 2.05) is 40.6 Å². The Bertz CT molecular complexity index is 911. The minimum atomic E-state index is -0.400. The number of rotatable bonds is 7. The van der Waals surface area contributed by atoms with Crippen molar-refractivity contribution in [2.24, 2.45) is 5.92 Å². The molecule has 3 atom stereocenters. The van der Waals surface area contributed by atoms with Crippen LogP contribution in [0.3, 0.4) is 0 Å². The smallest absolute Gasteiger partial charge is 0.254 e. The molecule has 0 bridgehead atoms. The van der Waals surface area contributed by atoms with E-state index in [-0.39, 0.29) is 17.9 Å². The molecule has 166 valence electrons. The van der Waals surface area contributed by atoms with E-state index in [0.29, 0.717) is 30.6 Å². The standard InChI is InChI=1S/C25H33N3O2S/c1-4-27-13-7-9-18(27)15-26-24(29)22-19-10-5-6-11-20(19)25(30)28(16-17(2)3)23(22)21-12-8-14-31-21/h5-6,8,10-12,14,17-18,22-23H,4,7,9,13,15-16H2,1-3H3,(H,26,29). The number of likely N-dealkylation sites (tertiary alicyclic amines) is 1. The first-order valence-electron chi connectivity index (χ1n) is 11.5. The van der Waals surface area contributed by atoms with E-state index in [1.165, 1.54) is 6.42 Å². The lowest BCUT2D eigenvalue weighted by atomic mass is 9.81. The summed E-state index contributed by atoms with van der Waals surface area (Å²) in [6.07, 6.45) is 2.32. The lowest BCUT2D eigenvalue weighted by molar-refractivity contribution is -0.124. The molecule has 5 nitrogen and oxygen atoms in total. The number of benzene rings is 1. The van der Waals surface area contributed by atoms with E-state index in [4.69, 9.17) is 0 Å². The van der Waals surface area contributed by atoms with Crippen LogP contribution in [0, 0.1) is 5.92 Å². The second-order valence-electron chi connectivity index (χ2n) is 9.05. The van der Waals surface area contributed by atoms with Crippen LogP contribution in [0.2, 0.25) is 0 Å². The van der Waals surface area contributed by atoms with Gasteiger partial charge in [0.2, 0.25) is 5.91 Å². The molecule has 4 rings (SSSR count). The molecule has 2 aromatic rings. The molecule has 1 aromatic heterocycles. The van der Waals surface area contributed by atoms with Gasteiger partial charge in [0.15, 0.2) is 0 Å². The summed E-state index contributed by atoms with van der Waals surface area (Å²) < 4.78 is 0. The highest BCUT2D eigenvalue weighted by Gasteiger charge is 2.44. The Kier molecular flexibility index (Phi) is 6.77. The zero-order valence-corrected chi connectivity index (χ0v) is 19.5. The minimum absolute atomic E-state index is 0.0232. The van der Waals surface area contributed by atoms with Crippen LogP contribution >= 0.6 is 11.3 Å². The van der Waals surface area contributed by atoms with Crippen molar-refractivity contribution in [3.63, 3.8) is 0 Å². The molecular formula is C25H33N3O2S. The Morgan fingerprint density at radius 3 is 2.74 bits per heavy atom. The highest BCUT2D eigenvalue weighted by atomic mass is 32.1. The van der Waals surface area contributed by atoms with Crippen molar-refractivity contribution in [2.45, 2.75) is 51.6 Å². The van der Waals surface area contributed by atoms with Crippen LogP contribution in [0.4, 0.5) is 0 Å². The van der Waals surface area contributed by atoms with Crippen LogP contribution in [-0.4, -0.2) is 53.8 Å². The van der Waals surface area contributed by atoms with Crippen LogP contribution in [0.5, 0.6) is 0 Å². The Hall–Kier alpha value is -2.18. The number of hydrogen-bond acceptors (Lipinski definition) is 4. The number of nitrogens with zero attached hydrogens (tertiary/aromatic N) is 2.